The molecule has 0 aromatic heterocycles. The van der Waals surface area contributed by atoms with Crippen molar-refractivity contribution in [2.24, 2.45) is 0 Å². The standard InChI is InChI=1S/C33H30N2O3/c1-33(2)21-26-16-17-28(38-3)19-29(26)30(35-33)20-31(36)25-10-7-11-27(18-25)34-32(37)24-14-12-23(13-15-24)22-8-5-4-6-9-22/h4-20,35H,21H2,1-3H3,(H,34,37)/b30-20-. The van der Waals surface area contributed by atoms with Gasteiger partial charge in [-0.1, -0.05) is 60.7 Å². The quantitative estimate of drug-likeness (QED) is 0.226. The number of nitrogens with one attached hydrogen (secondary N) is 2. The Morgan fingerprint density at radius 3 is 2.32 bits per heavy atom. The molecule has 0 saturated heterocycles. The van der Waals surface area contributed by atoms with Gasteiger partial charge in [0.1, 0.15) is 5.75 Å². The van der Waals surface area contributed by atoms with Gasteiger partial charge in [0.15, 0.2) is 5.78 Å². The van der Waals surface area contributed by atoms with Gasteiger partial charge in [0.05, 0.1) is 7.11 Å². The molecule has 5 heteroatoms. The molecule has 0 fully saturated rings. The summed E-state index contributed by atoms with van der Waals surface area (Å²) in [6, 6.07) is 30.5. The van der Waals surface area contributed by atoms with Crippen LogP contribution in [-0.4, -0.2) is 24.3 Å². The summed E-state index contributed by atoms with van der Waals surface area (Å²) in [5.41, 5.74) is 6.41. The molecule has 5 nitrogen and oxygen atoms in total. The Balaban J connectivity index is 1.35. The zero-order valence-corrected chi connectivity index (χ0v) is 21.7. The van der Waals surface area contributed by atoms with E-state index in [2.05, 4.69) is 30.5 Å². The first-order valence-corrected chi connectivity index (χ1v) is 12.6. The number of fused-ring (bicyclic) bond motifs is 1. The van der Waals surface area contributed by atoms with E-state index in [-0.39, 0.29) is 17.2 Å². The van der Waals surface area contributed by atoms with E-state index in [1.807, 2.05) is 54.6 Å². The molecule has 0 radical (unpaired) electrons. The summed E-state index contributed by atoms with van der Waals surface area (Å²) >= 11 is 0. The highest BCUT2D eigenvalue weighted by Gasteiger charge is 2.28. The number of allylic oxidation sites excluding steroid dienone is 1. The monoisotopic (exact) mass is 502 g/mol. The van der Waals surface area contributed by atoms with E-state index in [0.29, 0.717) is 16.8 Å². The second kappa shape index (κ2) is 10.4. The van der Waals surface area contributed by atoms with Gasteiger partial charge in [-0.25, -0.2) is 0 Å². The zero-order chi connectivity index (χ0) is 26.7. The summed E-state index contributed by atoms with van der Waals surface area (Å²) in [6.45, 7) is 4.22. The first-order valence-electron chi connectivity index (χ1n) is 12.6. The lowest BCUT2D eigenvalue weighted by Crippen LogP contribution is -2.43. The van der Waals surface area contributed by atoms with Crippen LogP contribution in [0.1, 0.15) is 45.7 Å². The molecule has 1 heterocycles. The van der Waals surface area contributed by atoms with Crippen LogP contribution in [-0.2, 0) is 6.42 Å². The van der Waals surface area contributed by atoms with Crippen LogP contribution in [0.5, 0.6) is 5.75 Å². The van der Waals surface area contributed by atoms with Crippen molar-refractivity contribution in [1.82, 2.24) is 5.32 Å². The minimum atomic E-state index is -0.232. The van der Waals surface area contributed by atoms with Crippen LogP contribution in [0.2, 0.25) is 0 Å². The number of rotatable bonds is 6. The molecule has 1 aliphatic heterocycles. The van der Waals surface area contributed by atoms with Gasteiger partial charge >= 0.3 is 0 Å². The van der Waals surface area contributed by atoms with Crippen molar-refractivity contribution in [3.63, 3.8) is 0 Å². The smallest absolute Gasteiger partial charge is 0.255 e. The lowest BCUT2D eigenvalue weighted by molar-refractivity contribution is 0.102. The van der Waals surface area contributed by atoms with Crippen LogP contribution in [0, 0.1) is 0 Å². The number of carbonyl (C=O) groups is 2. The van der Waals surface area contributed by atoms with Crippen molar-refractivity contribution >= 4 is 23.1 Å². The maximum atomic E-state index is 13.3. The van der Waals surface area contributed by atoms with Crippen LogP contribution in [0.4, 0.5) is 5.69 Å². The second-order valence-corrected chi connectivity index (χ2v) is 10.1. The molecule has 38 heavy (non-hydrogen) atoms. The summed E-state index contributed by atoms with van der Waals surface area (Å²) < 4.78 is 5.41. The highest BCUT2D eigenvalue weighted by atomic mass is 16.5. The number of anilines is 1. The van der Waals surface area contributed by atoms with Crippen molar-refractivity contribution < 1.29 is 14.3 Å². The fourth-order valence-electron chi connectivity index (χ4n) is 4.77. The maximum absolute atomic E-state index is 13.3. The minimum absolute atomic E-state index is 0.151. The number of amides is 1. The molecule has 0 bridgehead atoms. The predicted octanol–water partition coefficient (Wildman–Crippen LogP) is 6.76. The molecule has 0 atom stereocenters. The van der Waals surface area contributed by atoms with E-state index in [0.717, 1.165) is 40.1 Å². The summed E-state index contributed by atoms with van der Waals surface area (Å²) in [5.74, 6) is 0.358. The molecular weight excluding hydrogens is 472 g/mol. The van der Waals surface area contributed by atoms with E-state index in [1.54, 1.807) is 49.6 Å². The number of ketones is 1. The molecule has 5 rings (SSSR count). The molecule has 0 saturated carbocycles. The third-order valence-electron chi connectivity index (χ3n) is 6.65. The average molecular weight is 503 g/mol. The Bertz CT molecular complexity index is 1520. The number of methoxy groups -OCH3 is 1. The van der Waals surface area contributed by atoms with Crippen molar-refractivity contribution in [2.45, 2.75) is 25.8 Å². The topological polar surface area (TPSA) is 67.4 Å². The lowest BCUT2D eigenvalue weighted by atomic mass is 9.85. The Labute approximate surface area is 223 Å². The highest BCUT2D eigenvalue weighted by molar-refractivity contribution is 6.10. The Morgan fingerprint density at radius 1 is 0.842 bits per heavy atom. The number of hydrogen-bond donors (Lipinski definition) is 2. The summed E-state index contributed by atoms with van der Waals surface area (Å²) in [6.07, 6.45) is 2.47. The average Bonchev–Trinajstić information content (AvgIpc) is 2.93. The number of carbonyl (C=O) groups excluding carboxylic acids is 2. The summed E-state index contributed by atoms with van der Waals surface area (Å²) in [4.78, 5) is 26.2. The van der Waals surface area contributed by atoms with Crippen LogP contribution in [0.25, 0.3) is 16.8 Å². The molecule has 4 aromatic carbocycles. The second-order valence-electron chi connectivity index (χ2n) is 10.1. The van der Waals surface area contributed by atoms with Crippen LogP contribution in [0.15, 0.2) is 103 Å². The molecular formula is C33H30N2O3. The van der Waals surface area contributed by atoms with Gasteiger partial charge in [-0.2, -0.15) is 0 Å². The van der Waals surface area contributed by atoms with Gasteiger partial charge in [0.2, 0.25) is 0 Å². The Hall–Kier alpha value is -4.64. The van der Waals surface area contributed by atoms with E-state index in [4.69, 9.17) is 4.74 Å². The van der Waals surface area contributed by atoms with E-state index >= 15 is 0 Å². The van der Waals surface area contributed by atoms with Crippen LogP contribution >= 0.6 is 0 Å². The molecule has 4 aromatic rings. The largest absolute Gasteiger partial charge is 0.497 e. The number of ether oxygens (including phenoxy) is 1. The van der Waals surface area contributed by atoms with Crippen LogP contribution in [0.3, 0.4) is 0 Å². The SMILES string of the molecule is COc1ccc2c(c1)/C(=C/C(=O)c1cccc(NC(=O)c3ccc(-c4ccccc4)cc3)c1)NC(C)(C)C2. The van der Waals surface area contributed by atoms with Crippen molar-refractivity contribution in [3.05, 3.63) is 125 Å². The molecule has 1 aliphatic rings. The maximum Gasteiger partial charge on any atom is 0.255 e. The third kappa shape index (κ3) is 5.52. The normalized spacial score (nSPS) is 14.8. The lowest BCUT2D eigenvalue weighted by Gasteiger charge is -2.35. The molecule has 0 spiro atoms. The number of hydrogen-bond acceptors (Lipinski definition) is 4. The van der Waals surface area contributed by atoms with E-state index in [1.165, 1.54) is 0 Å². The van der Waals surface area contributed by atoms with Crippen molar-refractivity contribution in [2.75, 3.05) is 12.4 Å². The Kier molecular flexibility index (Phi) is 6.84. The van der Waals surface area contributed by atoms with E-state index < -0.39 is 0 Å². The fraction of sp³-hybridized carbons (Fsp3) is 0.152. The van der Waals surface area contributed by atoms with Gasteiger partial charge in [-0.15, -0.1) is 0 Å². The minimum Gasteiger partial charge on any atom is -0.497 e. The van der Waals surface area contributed by atoms with Crippen LogP contribution < -0.4 is 15.4 Å². The zero-order valence-electron chi connectivity index (χ0n) is 21.7. The van der Waals surface area contributed by atoms with Gasteiger partial charge in [-0.05, 0) is 73.4 Å². The summed E-state index contributed by atoms with van der Waals surface area (Å²) in [7, 11) is 1.63. The highest BCUT2D eigenvalue weighted by Crippen LogP contribution is 2.32. The van der Waals surface area contributed by atoms with Crippen molar-refractivity contribution in [1.29, 1.82) is 0 Å². The van der Waals surface area contributed by atoms with Gasteiger partial charge in [0.25, 0.3) is 5.91 Å². The third-order valence-corrected chi connectivity index (χ3v) is 6.65. The van der Waals surface area contributed by atoms with Crippen molar-refractivity contribution in [3.8, 4) is 16.9 Å². The first kappa shape index (κ1) is 25.0. The molecule has 2 N–H and O–H groups in total. The Morgan fingerprint density at radius 2 is 1.58 bits per heavy atom. The summed E-state index contributed by atoms with van der Waals surface area (Å²) in [5, 5.41) is 6.42. The predicted molar refractivity (Wildman–Crippen MR) is 152 cm³/mol. The number of benzene rings is 4. The molecule has 190 valence electrons. The van der Waals surface area contributed by atoms with Gasteiger partial charge in [-0.3, -0.25) is 9.59 Å². The van der Waals surface area contributed by atoms with Gasteiger partial charge < -0.3 is 15.4 Å². The first-order chi connectivity index (χ1) is 18.3. The molecule has 0 unspecified atom stereocenters. The van der Waals surface area contributed by atoms with E-state index in [9.17, 15) is 9.59 Å². The van der Waals surface area contributed by atoms with Gasteiger partial charge in [0, 0.05) is 39.7 Å². The molecule has 0 aliphatic carbocycles. The fourth-order valence-corrected chi connectivity index (χ4v) is 4.77. The molecule has 1 amide bonds.